The Kier molecular flexibility index (Phi) is 54.2. The maximum atomic E-state index is 12.6. The normalized spacial score (nSPS) is 13.9. The molecule has 0 radical (unpaired) electrons. The highest BCUT2D eigenvalue weighted by Crippen LogP contribution is 2.17. The number of carbonyl (C=O) groups excluding carboxylic acids is 1. The Labute approximate surface area is 417 Å². The Bertz CT molecular complexity index is 1060. The van der Waals surface area contributed by atoms with Crippen LogP contribution >= 0.6 is 0 Å². The van der Waals surface area contributed by atoms with Crippen molar-refractivity contribution >= 4 is 5.91 Å². The van der Waals surface area contributed by atoms with Gasteiger partial charge in [0.2, 0.25) is 5.91 Å². The molecule has 6 nitrogen and oxygen atoms in total. The smallest absolute Gasteiger partial charge is 0.249 e. The molecule has 0 aliphatic rings. The number of aliphatic hydroxyl groups excluding tert-OH is 4. The van der Waals surface area contributed by atoms with Crippen molar-refractivity contribution in [2.75, 3.05) is 6.61 Å². The summed E-state index contributed by atoms with van der Waals surface area (Å²) < 4.78 is 0. The van der Waals surface area contributed by atoms with Crippen LogP contribution in [-0.4, -0.2) is 57.3 Å². The van der Waals surface area contributed by atoms with E-state index in [0.29, 0.717) is 19.3 Å². The standard InChI is InChI=1S/C61H117NO5/c1-3-5-7-9-11-13-15-17-19-21-23-25-26-27-28-29-30-31-32-33-34-35-37-38-40-42-44-46-48-50-52-54-58(64)60(66)57(56-63)62-61(67)59(65)55-53-51-49-47-45-43-41-39-36-24-22-20-18-16-14-12-10-8-6-4-2/h36,38-40,46,48,57-60,63-66H,3-35,37,41-45,47,49-56H2,1-2H3,(H,62,67)/b39-36-,40-38+,48-46+. The van der Waals surface area contributed by atoms with Gasteiger partial charge in [0.05, 0.1) is 18.8 Å². The van der Waals surface area contributed by atoms with Crippen molar-refractivity contribution in [1.82, 2.24) is 5.32 Å². The average molecular weight is 945 g/mol. The van der Waals surface area contributed by atoms with Crippen LogP contribution in [0.1, 0.15) is 316 Å². The molecule has 0 aliphatic carbocycles. The van der Waals surface area contributed by atoms with Gasteiger partial charge < -0.3 is 25.7 Å². The van der Waals surface area contributed by atoms with E-state index >= 15 is 0 Å². The molecule has 0 aromatic carbocycles. The van der Waals surface area contributed by atoms with Gasteiger partial charge in [0, 0.05) is 0 Å². The molecule has 0 heterocycles. The van der Waals surface area contributed by atoms with Gasteiger partial charge >= 0.3 is 0 Å². The molecule has 0 rings (SSSR count). The Morgan fingerprint density at radius 3 is 0.940 bits per heavy atom. The molecule has 4 atom stereocenters. The number of unbranched alkanes of at least 4 members (excludes halogenated alkanes) is 40. The maximum Gasteiger partial charge on any atom is 0.249 e. The molecule has 1 amide bonds. The van der Waals surface area contributed by atoms with E-state index in [1.807, 2.05) is 0 Å². The van der Waals surface area contributed by atoms with Gasteiger partial charge in [-0.05, 0) is 77.0 Å². The molecule has 67 heavy (non-hydrogen) atoms. The fraction of sp³-hybridized carbons (Fsp3) is 0.885. The molecular formula is C61H117NO5. The number of hydrogen-bond acceptors (Lipinski definition) is 5. The molecule has 5 N–H and O–H groups in total. The predicted molar refractivity (Wildman–Crippen MR) is 293 cm³/mol. The van der Waals surface area contributed by atoms with Crippen LogP contribution in [0.2, 0.25) is 0 Å². The van der Waals surface area contributed by atoms with Crippen LogP contribution < -0.4 is 5.32 Å². The van der Waals surface area contributed by atoms with Crippen LogP contribution in [0.15, 0.2) is 36.5 Å². The number of allylic oxidation sites excluding steroid dienone is 6. The zero-order valence-electron chi connectivity index (χ0n) is 44.9. The van der Waals surface area contributed by atoms with E-state index < -0.39 is 36.9 Å². The van der Waals surface area contributed by atoms with Gasteiger partial charge in [-0.1, -0.05) is 275 Å². The Morgan fingerprint density at radius 2 is 0.627 bits per heavy atom. The monoisotopic (exact) mass is 944 g/mol. The van der Waals surface area contributed by atoms with Gasteiger partial charge in [0.15, 0.2) is 0 Å². The van der Waals surface area contributed by atoms with E-state index in [1.165, 1.54) is 231 Å². The van der Waals surface area contributed by atoms with Crippen LogP contribution in [0.3, 0.4) is 0 Å². The van der Waals surface area contributed by atoms with E-state index in [0.717, 1.165) is 51.4 Å². The van der Waals surface area contributed by atoms with Gasteiger partial charge in [-0.3, -0.25) is 4.79 Å². The van der Waals surface area contributed by atoms with Gasteiger partial charge in [-0.15, -0.1) is 0 Å². The fourth-order valence-electron chi connectivity index (χ4n) is 9.36. The molecule has 0 saturated carbocycles. The zero-order valence-corrected chi connectivity index (χ0v) is 44.9. The quantitative estimate of drug-likeness (QED) is 0.0308. The summed E-state index contributed by atoms with van der Waals surface area (Å²) in [6, 6.07) is -1.01. The summed E-state index contributed by atoms with van der Waals surface area (Å²) >= 11 is 0. The highest BCUT2D eigenvalue weighted by molar-refractivity contribution is 5.80. The van der Waals surface area contributed by atoms with E-state index in [4.69, 9.17) is 0 Å². The molecular weight excluding hydrogens is 827 g/mol. The van der Waals surface area contributed by atoms with Gasteiger partial charge in [0.1, 0.15) is 12.2 Å². The first-order chi connectivity index (χ1) is 33.0. The number of amides is 1. The highest BCUT2D eigenvalue weighted by atomic mass is 16.3. The van der Waals surface area contributed by atoms with Crippen molar-refractivity contribution in [3.8, 4) is 0 Å². The SMILES string of the molecule is CCCCCCCCCCCC/C=C\CCCCCCCCC(O)C(=O)NC(CO)C(O)C(O)CCC/C=C/CC/C=C/CCCCCCCCCCCCCCCCCCCCCCCC. The van der Waals surface area contributed by atoms with Crippen LogP contribution in [-0.2, 0) is 4.79 Å². The highest BCUT2D eigenvalue weighted by Gasteiger charge is 2.28. The molecule has 0 bridgehead atoms. The summed E-state index contributed by atoms with van der Waals surface area (Å²) in [7, 11) is 0. The lowest BCUT2D eigenvalue weighted by Crippen LogP contribution is -2.53. The van der Waals surface area contributed by atoms with Crippen molar-refractivity contribution in [3.63, 3.8) is 0 Å². The van der Waals surface area contributed by atoms with Crippen molar-refractivity contribution < 1.29 is 25.2 Å². The Balaban J connectivity index is 3.65. The minimum atomic E-state index is -1.29. The predicted octanol–water partition coefficient (Wildman–Crippen LogP) is 17.6. The minimum Gasteiger partial charge on any atom is -0.394 e. The lowest BCUT2D eigenvalue weighted by molar-refractivity contribution is -0.132. The zero-order chi connectivity index (χ0) is 48.8. The molecule has 4 unspecified atom stereocenters. The van der Waals surface area contributed by atoms with Crippen LogP contribution in [0, 0.1) is 0 Å². The number of aliphatic hydroxyl groups is 4. The van der Waals surface area contributed by atoms with Gasteiger partial charge in [-0.2, -0.15) is 0 Å². The van der Waals surface area contributed by atoms with Crippen LogP contribution in [0.5, 0.6) is 0 Å². The minimum absolute atomic E-state index is 0.353. The Hall–Kier alpha value is -1.47. The molecule has 396 valence electrons. The summed E-state index contributed by atoms with van der Waals surface area (Å²) in [5.74, 6) is -0.599. The van der Waals surface area contributed by atoms with Crippen molar-refractivity contribution in [2.45, 2.75) is 340 Å². The number of carbonyl (C=O) groups is 1. The van der Waals surface area contributed by atoms with Gasteiger partial charge in [-0.25, -0.2) is 0 Å². The third-order valence-electron chi connectivity index (χ3n) is 14.1. The summed E-state index contributed by atoms with van der Waals surface area (Å²) in [4.78, 5) is 12.6. The number of rotatable bonds is 55. The molecule has 0 aromatic rings. The molecule has 0 saturated heterocycles. The third kappa shape index (κ3) is 49.3. The van der Waals surface area contributed by atoms with E-state index in [2.05, 4.69) is 55.6 Å². The van der Waals surface area contributed by atoms with Crippen LogP contribution in [0.25, 0.3) is 0 Å². The second-order valence-electron chi connectivity index (χ2n) is 20.7. The first kappa shape index (κ1) is 65.5. The van der Waals surface area contributed by atoms with Crippen LogP contribution in [0.4, 0.5) is 0 Å². The summed E-state index contributed by atoms with van der Waals surface area (Å²) in [5.41, 5.74) is 0. The largest absolute Gasteiger partial charge is 0.394 e. The topological polar surface area (TPSA) is 110 Å². The molecule has 0 fully saturated rings. The van der Waals surface area contributed by atoms with E-state index in [1.54, 1.807) is 0 Å². The fourth-order valence-corrected chi connectivity index (χ4v) is 9.36. The molecule has 6 heteroatoms. The number of nitrogens with one attached hydrogen (secondary N) is 1. The van der Waals surface area contributed by atoms with E-state index in [9.17, 15) is 25.2 Å². The maximum absolute atomic E-state index is 12.6. The average Bonchev–Trinajstić information content (AvgIpc) is 3.33. The second-order valence-corrected chi connectivity index (χ2v) is 20.7. The van der Waals surface area contributed by atoms with Crippen molar-refractivity contribution in [3.05, 3.63) is 36.5 Å². The lowest BCUT2D eigenvalue weighted by Gasteiger charge is -2.27. The number of hydrogen-bond donors (Lipinski definition) is 5. The Morgan fingerprint density at radius 1 is 0.358 bits per heavy atom. The first-order valence-corrected chi connectivity index (χ1v) is 29.9. The summed E-state index contributed by atoms with van der Waals surface area (Å²) in [5, 5.41) is 44.0. The molecule has 0 aromatic heterocycles. The van der Waals surface area contributed by atoms with Gasteiger partial charge in [0.25, 0.3) is 0 Å². The molecule has 0 aliphatic heterocycles. The van der Waals surface area contributed by atoms with E-state index in [-0.39, 0.29) is 0 Å². The summed E-state index contributed by atoms with van der Waals surface area (Å²) in [6.07, 6.45) is 69.5. The first-order valence-electron chi connectivity index (χ1n) is 29.9. The van der Waals surface area contributed by atoms with Crippen molar-refractivity contribution in [2.24, 2.45) is 0 Å². The third-order valence-corrected chi connectivity index (χ3v) is 14.1. The second kappa shape index (κ2) is 55.5. The lowest BCUT2D eigenvalue weighted by atomic mass is 10.00. The molecule has 0 spiro atoms. The van der Waals surface area contributed by atoms with Crippen molar-refractivity contribution in [1.29, 1.82) is 0 Å². The summed E-state index contributed by atoms with van der Waals surface area (Å²) in [6.45, 7) is 4.07.